The Labute approximate surface area is 182 Å². The summed E-state index contributed by atoms with van der Waals surface area (Å²) in [6.45, 7) is 3.60. The summed E-state index contributed by atoms with van der Waals surface area (Å²) in [5.74, 6) is 1.51. The number of hydrogen-bond donors (Lipinski definition) is 0. The number of fused-ring (bicyclic) bond motifs is 2. The molecule has 1 aliphatic carbocycles. The lowest BCUT2D eigenvalue weighted by Crippen LogP contribution is -2.45. The van der Waals surface area contributed by atoms with Crippen molar-refractivity contribution in [1.82, 2.24) is 4.98 Å². The molecular formula is C25H26ClNO3. The molecule has 0 spiro atoms. The number of aromatic nitrogens is 1. The van der Waals surface area contributed by atoms with Crippen LogP contribution in [-0.2, 0) is 14.3 Å². The first-order valence-corrected chi connectivity index (χ1v) is 11.2. The lowest BCUT2D eigenvalue weighted by atomic mass is 9.60. The summed E-state index contributed by atoms with van der Waals surface area (Å²) in [6, 6.07) is 11.9. The molecule has 0 bridgehead atoms. The Bertz CT molecular complexity index is 957. The zero-order valence-electron chi connectivity index (χ0n) is 17.0. The van der Waals surface area contributed by atoms with E-state index in [0.29, 0.717) is 17.8 Å². The number of carbonyl (C=O) groups is 1. The van der Waals surface area contributed by atoms with E-state index in [-0.39, 0.29) is 23.9 Å². The predicted molar refractivity (Wildman–Crippen MR) is 117 cm³/mol. The van der Waals surface area contributed by atoms with Gasteiger partial charge in [0.1, 0.15) is 6.10 Å². The summed E-state index contributed by atoms with van der Waals surface area (Å²) in [4.78, 5) is 17.0. The van der Waals surface area contributed by atoms with E-state index in [9.17, 15) is 4.79 Å². The first kappa shape index (κ1) is 19.8. The number of allylic oxidation sites excluding steroid dienone is 1. The number of pyridine rings is 1. The van der Waals surface area contributed by atoms with Crippen LogP contribution >= 0.6 is 11.6 Å². The molecular weight excluding hydrogens is 398 g/mol. The van der Waals surface area contributed by atoms with Gasteiger partial charge in [-0.05, 0) is 67.4 Å². The molecule has 0 radical (unpaired) electrons. The SMILES string of the molecule is C[C@H]1OC(=O)C2CC3COCCC3C(/C=C/c3ccc(-c4cccc(Cl)c4)cn3)C21. The Morgan fingerprint density at radius 1 is 1.20 bits per heavy atom. The largest absolute Gasteiger partial charge is 0.462 e. The van der Waals surface area contributed by atoms with Gasteiger partial charge in [-0.1, -0.05) is 35.9 Å². The topological polar surface area (TPSA) is 48.4 Å². The van der Waals surface area contributed by atoms with Gasteiger partial charge in [0.15, 0.2) is 0 Å². The number of ether oxygens (including phenoxy) is 2. The van der Waals surface area contributed by atoms with Crippen LogP contribution in [0.25, 0.3) is 17.2 Å². The Kier molecular flexibility index (Phi) is 5.38. The second-order valence-electron chi connectivity index (χ2n) is 8.77. The summed E-state index contributed by atoms with van der Waals surface area (Å²) < 4.78 is 11.4. The van der Waals surface area contributed by atoms with E-state index in [1.54, 1.807) is 0 Å². The maximum Gasteiger partial charge on any atom is 0.309 e. The molecule has 3 fully saturated rings. The van der Waals surface area contributed by atoms with Crippen molar-refractivity contribution in [3.8, 4) is 11.1 Å². The summed E-state index contributed by atoms with van der Waals surface area (Å²) in [5, 5.41) is 0.719. The fourth-order valence-electron chi connectivity index (χ4n) is 5.67. The smallest absolute Gasteiger partial charge is 0.309 e. The standard InChI is InChI=1S/C25H26ClNO3/c1-15-24-22(21-9-10-29-14-18(21)12-23(24)25(28)30-15)8-7-20-6-5-17(13-27-20)16-3-2-4-19(26)11-16/h2-8,11,13,15,18,21-24H,9-10,12,14H2,1H3/b8-7+/t15-,18?,21?,22?,23?,24?/m1/s1. The van der Waals surface area contributed by atoms with E-state index in [1.165, 1.54) is 0 Å². The number of nitrogens with zero attached hydrogens (tertiary/aromatic N) is 1. The molecule has 3 heterocycles. The normalized spacial score (nSPS) is 33.2. The second-order valence-corrected chi connectivity index (χ2v) is 9.20. The van der Waals surface area contributed by atoms with Gasteiger partial charge < -0.3 is 9.47 Å². The highest BCUT2D eigenvalue weighted by atomic mass is 35.5. The molecule has 2 saturated heterocycles. The molecule has 1 aromatic heterocycles. The van der Waals surface area contributed by atoms with Crippen LogP contribution in [0.4, 0.5) is 0 Å². The van der Waals surface area contributed by atoms with Gasteiger partial charge in [0.25, 0.3) is 0 Å². The van der Waals surface area contributed by atoms with Gasteiger partial charge >= 0.3 is 5.97 Å². The predicted octanol–water partition coefficient (Wildman–Crippen LogP) is 5.27. The molecule has 3 aliphatic rings. The first-order chi connectivity index (χ1) is 14.6. The van der Waals surface area contributed by atoms with Gasteiger partial charge in [-0.2, -0.15) is 0 Å². The van der Waals surface area contributed by atoms with Crippen molar-refractivity contribution in [2.45, 2.75) is 25.9 Å². The minimum Gasteiger partial charge on any atom is -0.462 e. The maximum atomic E-state index is 12.4. The molecule has 1 aromatic carbocycles. The summed E-state index contributed by atoms with van der Waals surface area (Å²) in [7, 11) is 0. The molecule has 30 heavy (non-hydrogen) atoms. The fraction of sp³-hybridized carbons (Fsp3) is 0.440. The highest BCUT2D eigenvalue weighted by Gasteiger charge is 2.54. The van der Waals surface area contributed by atoms with Crippen LogP contribution in [0.15, 0.2) is 48.7 Å². The number of hydrogen-bond acceptors (Lipinski definition) is 4. The molecule has 0 N–H and O–H groups in total. The monoisotopic (exact) mass is 423 g/mol. The van der Waals surface area contributed by atoms with E-state index >= 15 is 0 Å². The van der Waals surface area contributed by atoms with Crippen molar-refractivity contribution in [1.29, 1.82) is 0 Å². The van der Waals surface area contributed by atoms with Crippen molar-refractivity contribution in [2.24, 2.45) is 29.6 Å². The average Bonchev–Trinajstić information content (AvgIpc) is 3.05. The minimum atomic E-state index is -0.0288. The minimum absolute atomic E-state index is 0.00392. The maximum absolute atomic E-state index is 12.4. The van der Waals surface area contributed by atoms with Crippen LogP contribution in [-0.4, -0.2) is 30.3 Å². The fourth-order valence-corrected chi connectivity index (χ4v) is 5.86. The van der Waals surface area contributed by atoms with E-state index in [1.807, 2.05) is 43.5 Å². The number of cyclic esters (lactones) is 1. The molecule has 1 saturated carbocycles. The van der Waals surface area contributed by atoms with Crippen molar-refractivity contribution in [2.75, 3.05) is 13.2 Å². The zero-order chi connectivity index (χ0) is 20.7. The molecule has 2 aliphatic heterocycles. The first-order valence-electron chi connectivity index (χ1n) is 10.8. The third kappa shape index (κ3) is 3.67. The van der Waals surface area contributed by atoms with Crippen LogP contribution < -0.4 is 0 Å². The molecule has 5 heteroatoms. The van der Waals surface area contributed by atoms with Gasteiger partial charge in [0.2, 0.25) is 0 Å². The highest BCUT2D eigenvalue weighted by Crippen LogP contribution is 2.51. The molecule has 2 aromatic rings. The Balaban J connectivity index is 1.39. The lowest BCUT2D eigenvalue weighted by Gasteiger charge is -2.45. The van der Waals surface area contributed by atoms with Crippen molar-refractivity contribution >= 4 is 23.6 Å². The summed E-state index contributed by atoms with van der Waals surface area (Å²) in [5.41, 5.74) is 3.02. The molecule has 0 amide bonds. The van der Waals surface area contributed by atoms with Crippen molar-refractivity contribution in [3.05, 3.63) is 59.4 Å². The third-order valence-electron chi connectivity index (χ3n) is 7.07. The number of rotatable bonds is 3. The van der Waals surface area contributed by atoms with Crippen molar-refractivity contribution < 1.29 is 14.3 Å². The molecule has 156 valence electrons. The Morgan fingerprint density at radius 2 is 2.10 bits per heavy atom. The number of halogens is 1. The van der Waals surface area contributed by atoms with Gasteiger partial charge in [-0.25, -0.2) is 0 Å². The van der Waals surface area contributed by atoms with Crippen LogP contribution in [0.2, 0.25) is 5.02 Å². The van der Waals surface area contributed by atoms with Gasteiger partial charge in [0, 0.05) is 35.9 Å². The molecule has 4 nitrogen and oxygen atoms in total. The van der Waals surface area contributed by atoms with E-state index in [4.69, 9.17) is 21.1 Å². The van der Waals surface area contributed by atoms with Crippen molar-refractivity contribution in [3.63, 3.8) is 0 Å². The van der Waals surface area contributed by atoms with Crippen LogP contribution in [0.3, 0.4) is 0 Å². The number of esters is 1. The van der Waals surface area contributed by atoms with Gasteiger partial charge in [0.05, 0.1) is 11.6 Å². The molecule has 6 atom stereocenters. The average molecular weight is 424 g/mol. The summed E-state index contributed by atoms with van der Waals surface area (Å²) >= 11 is 6.11. The van der Waals surface area contributed by atoms with E-state index in [2.05, 4.69) is 23.2 Å². The number of carbonyl (C=O) groups excluding carboxylic acids is 1. The molecule has 5 rings (SSSR count). The van der Waals surface area contributed by atoms with E-state index < -0.39 is 0 Å². The lowest BCUT2D eigenvalue weighted by molar-refractivity contribution is -0.144. The van der Waals surface area contributed by atoms with Gasteiger partial charge in [-0.15, -0.1) is 0 Å². The zero-order valence-corrected chi connectivity index (χ0v) is 17.8. The van der Waals surface area contributed by atoms with E-state index in [0.717, 1.165) is 47.9 Å². The van der Waals surface area contributed by atoms with Gasteiger partial charge in [-0.3, -0.25) is 9.78 Å². The van der Waals surface area contributed by atoms with Crippen LogP contribution in [0.5, 0.6) is 0 Å². The van der Waals surface area contributed by atoms with Crippen LogP contribution in [0.1, 0.15) is 25.5 Å². The molecule has 5 unspecified atom stereocenters. The second kappa shape index (κ2) is 8.16. The number of benzene rings is 1. The quantitative estimate of drug-likeness (QED) is 0.631. The van der Waals surface area contributed by atoms with Crippen LogP contribution in [0, 0.1) is 29.6 Å². The Hall–Kier alpha value is -2.17. The highest BCUT2D eigenvalue weighted by molar-refractivity contribution is 6.30. The third-order valence-corrected chi connectivity index (χ3v) is 7.31. The summed E-state index contributed by atoms with van der Waals surface area (Å²) in [6.07, 6.45) is 8.19. The Morgan fingerprint density at radius 3 is 2.90 bits per heavy atom.